The number of nitrogens with two attached hydrogens (primary N) is 1. The first kappa shape index (κ1) is 21.8. The van der Waals surface area contributed by atoms with Crippen LogP contribution in [0.4, 0.5) is 10.3 Å². The van der Waals surface area contributed by atoms with Gasteiger partial charge in [0.1, 0.15) is 11.5 Å². The molecule has 4 aromatic rings. The maximum Gasteiger partial charge on any atom is 0.211 e. The topological polar surface area (TPSA) is 59.5 Å². The van der Waals surface area contributed by atoms with Gasteiger partial charge in [0.25, 0.3) is 0 Å². The normalized spacial score (nSPS) is 19.2. The first-order valence-electron chi connectivity index (χ1n) is 11.4. The van der Waals surface area contributed by atoms with Gasteiger partial charge in [-0.15, -0.1) is 0 Å². The fourth-order valence-electron chi connectivity index (χ4n) is 5.80. The quantitative estimate of drug-likeness (QED) is 0.370. The van der Waals surface area contributed by atoms with E-state index in [0.29, 0.717) is 10.0 Å². The van der Waals surface area contributed by atoms with Gasteiger partial charge in [0.05, 0.1) is 15.7 Å². The lowest BCUT2D eigenvalue weighted by molar-refractivity contribution is 0.186. The minimum atomic E-state index is -0.192. The molecule has 1 saturated heterocycles. The molecule has 8 heteroatoms. The zero-order valence-corrected chi connectivity index (χ0v) is 20.2. The van der Waals surface area contributed by atoms with E-state index < -0.39 is 0 Å². The average molecular weight is 496 g/mol. The molecule has 5 nitrogen and oxygen atoms in total. The highest BCUT2D eigenvalue weighted by molar-refractivity contribution is 6.43. The minimum absolute atomic E-state index is 0.0377. The number of halogens is 3. The van der Waals surface area contributed by atoms with Crippen molar-refractivity contribution < 1.29 is 4.39 Å². The predicted molar refractivity (Wildman–Crippen MR) is 134 cm³/mol. The molecule has 1 aliphatic carbocycles. The van der Waals surface area contributed by atoms with Crippen LogP contribution in [0.1, 0.15) is 35.7 Å². The van der Waals surface area contributed by atoms with Gasteiger partial charge in [-0.25, -0.2) is 14.4 Å². The Morgan fingerprint density at radius 2 is 1.94 bits per heavy atom. The summed E-state index contributed by atoms with van der Waals surface area (Å²) in [7, 11) is 0. The number of anilines is 1. The number of nitrogens with zero attached hydrogens (tertiary/aromatic N) is 4. The summed E-state index contributed by atoms with van der Waals surface area (Å²) in [6.07, 6.45) is 6.38. The van der Waals surface area contributed by atoms with E-state index in [1.54, 1.807) is 18.3 Å². The van der Waals surface area contributed by atoms with E-state index in [1.807, 2.05) is 35.7 Å². The van der Waals surface area contributed by atoms with Crippen molar-refractivity contribution in [2.24, 2.45) is 11.1 Å². The number of piperidine rings is 1. The Balaban J connectivity index is 1.33. The SMILES string of the molecule is Cc1nc(N2CCC3(CC2)Cc2cc(F)ccc2[C@H]3N)n2ccnc2c1-c1cccc(Cl)c1Cl. The van der Waals surface area contributed by atoms with Crippen LogP contribution in [0, 0.1) is 18.2 Å². The molecule has 6 rings (SSSR count). The lowest BCUT2D eigenvalue weighted by Gasteiger charge is -2.42. The zero-order valence-electron chi connectivity index (χ0n) is 18.7. The van der Waals surface area contributed by atoms with Crippen molar-refractivity contribution >= 4 is 34.8 Å². The van der Waals surface area contributed by atoms with E-state index in [2.05, 4.69) is 9.88 Å². The Morgan fingerprint density at radius 3 is 2.74 bits per heavy atom. The van der Waals surface area contributed by atoms with Crippen LogP contribution in [0.15, 0.2) is 48.8 Å². The molecule has 0 amide bonds. The average Bonchev–Trinajstić information content (AvgIpc) is 3.40. The number of aromatic nitrogens is 3. The molecule has 2 aromatic carbocycles. The third kappa shape index (κ3) is 3.23. The Morgan fingerprint density at radius 1 is 1.15 bits per heavy atom. The van der Waals surface area contributed by atoms with Gasteiger partial charge in [-0.05, 0) is 60.9 Å². The first-order valence-corrected chi connectivity index (χ1v) is 12.2. The van der Waals surface area contributed by atoms with E-state index in [4.69, 9.17) is 33.9 Å². The number of fused-ring (bicyclic) bond motifs is 2. The van der Waals surface area contributed by atoms with E-state index in [0.717, 1.165) is 71.9 Å². The molecule has 2 aromatic heterocycles. The lowest BCUT2D eigenvalue weighted by atomic mass is 9.73. The maximum atomic E-state index is 13.8. The molecule has 2 N–H and O–H groups in total. The number of rotatable bonds is 2. The highest BCUT2D eigenvalue weighted by Crippen LogP contribution is 2.51. The van der Waals surface area contributed by atoms with Gasteiger partial charge >= 0.3 is 0 Å². The van der Waals surface area contributed by atoms with Crippen molar-refractivity contribution in [1.82, 2.24) is 14.4 Å². The molecule has 0 radical (unpaired) electrons. The summed E-state index contributed by atoms with van der Waals surface area (Å²) in [5.41, 5.74) is 12.1. The smallest absolute Gasteiger partial charge is 0.211 e. The lowest BCUT2D eigenvalue weighted by Crippen LogP contribution is -2.45. The van der Waals surface area contributed by atoms with Gasteiger partial charge < -0.3 is 10.6 Å². The van der Waals surface area contributed by atoms with Gasteiger partial charge in [0.2, 0.25) is 5.95 Å². The van der Waals surface area contributed by atoms with Gasteiger partial charge in [-0.2, -0.15) is 0 Å². The van der Waals surface area contributed by atoms with Crippen LogP contribution in [0.5, 0.6) is 0 Å². The van der Waals surface area contributed by atoms with E-state index >= 15 is 0 Å². The predicted octanol–water partition coefficient (Wildman–Crippen LogP) is 5.99. The molecule has 1 aliphatic heterocycles. The molecule has 174 valence electrons. The number of hydrogen-bond acceptors (Lipinski definition) is 4. The van der Waals surface area contributed by atoms with E-state index in [1.165, 1.54) is 6.07 Å². The van der Waals surface area contributed by atoms with Crippen molar-refractivity contribution in [3.8, 4) is 11.1 Å². The second-order valence-corrected chi connectivity index (χ2v) is 10.2. The maximum absolute atomic E-state index is 13.8. The van der Waals surface area contributed by atoms with Crippen LogP contribution in [0.2, 0.25) is 10.0 Å². The van der Waals surface area contributed by atoms with Crippen molar-refractivity contribution in [2.75, 3.05) is 18.0 Å². The van der Waals surface area contributed by atoms with Crippen LogP contribution in [0.3, 0.4) is 0 Å². The summed E-state index contributed by atoms with van der Waals surface area (Å²) in [6.45, 7) is 3.62. The molecule has 0 saturated carbocycles. The highest BCUT2D eigenvalue weighted by Gasteiger charge is 2.46. The first-order chi connectivity index (χ1) is 16.4. The molecule has 34 heavy (non-hydrogen) atoms. The zero-order chi connectivity index (χ0) is 23.6. The monoisotopic (exact) mass is 495 g/mol. The Kier molecular flexibility index (Phi) is 5.10. The third-order valence-corrected chi connectivity index (χ3v) is 8.43. The molecule has 0 unspecified atom stereocenters. The molecule has 1 fully saturated rings. The van der Waals surface area contributed by atoms with Crippen LogP contribution >= 0.6 is 23.2 Å². The van der Waals surface area contributed by atoms with Crippen molar-refractivity contribution in [1.29, 1.82) is 0 Å². The fraction of sp³-hybridized carbons (Fsp3) is 0.308. The summed E-state index contributed by atoms with van der Waals surface area (Å²) in [4.78, 5) is 11.9. The van der Waals surface area contributed by atoms with Gasteiger partial charge in [-0.3, -0.25) is 4.40 Å². The molecule has 0 bridgehead atoms. The second-order valence-electron chi connectivity index (χ2n) is 9.44. The van der Waals surface area contributed by atoms with Gasteiger partial charge in [-0.1, -0.05) is 41.4 Å². The molecule has 2 aliphatic rings. The minimum Gasteiger partial charge on any atom is -0.342 e. The molecule has 1 atom stereocenters. The van der Waals surface area contributed by atoms with Crippen LogP contribution in [-0.4, -0.2) is 27.5 Å². The highest BCUT2D eigenvalue weighted by atomic mass is 35.5. The number of aryl methyl sites for hydroxylation is 1. The van der Waals surface area contributed by atoms with Gasteiger partial charge in [0, 0.05) is 42.7 Å². The molecule has 3 heterocycles. The van der Waals surface area contributed by atoms with E-state index in [9.17, 15) is 4.39 Å². The summed E-state index contributed by atoms with van der Waals surface area (Å²) < 4.78 is 15.8. The molecular formula is C26H24Cl2FN5. The molecular weight excluding hydrogens is 472 g/mol. The number of benzene rings is 2. The molecule has 1 spiro atoms. The second kappa shape index (κ2) is 7.94. The third-order valence-electron chi connectivity index (χ3n) is 7.61. The number of hydrogen-bond donors (Lipinski definition) is 1. The largest absolute Gasteiger partial charge is 0.342 e. The van der Waals surface area contributed by atoms with Crippen LogP contribution in [0.25, 0.3) is 16.8 Å². The van der Waals surface area contributed by atoms with Crippen molar-refractivity contribution in [3.63, 3.8) is 0 Å². The van der Waals surface area contributed by atoms with Crippen molar-refractivity contribution in [2.45, 2.75) is 32.2 Å². The van der Waals surface area contributed by atoms with Crippen LogP contribution < -0.4 is 10.6 Å². The van der Waals surface area contributed by atoms with E-state index in [-0.39, 0.29) is 17.3 Å². The summed E-state index contributed by atoms with van der Waals surface area (Å²) >= 11 is 12.8. The van der Waals surface area contributed by atoms with Gasteiger partial charge in [0.15, 0.2) is 0 Å². The summed E-state index contributed by atoms with van der Waals surface area (Å²) in [5.74, 6) is 0.666. The fourth-order valence-corrected chi connectivity index (χ4v) is 6.19. The Bertz CT molecular complexity index is 1420. The standard InChI is InChI=1S/C26H24Cl2FN5/c1-15-21(19-3-2-4-20(27)22(19)28)24-31-9-12-34(24)25(32-15)33-10-7-26(8-11-33)14-16-13-17(29)5-6-18(16)23(26)30/h2-6,9,12-13,23H,7-8,10-11,14,30H2,1H3/t23-/m1/s1. The Hall–Kier alpha value is -2.67. The Labute approximate surface area is 207 Å². The number of imidazole rings is 1. The van der Waals surface area contributed by atoms with Crippen molar-refractivity contribution in [3.05, 3.63) is 81.5 Å². The summed E-state index contributed by atoms with van der Waals surface area (Å²) in [5, 5.41) is 1.00. The van der Waals surface area contributed by atoms with Crippen LogP contribution in [-0.2, 0) is 6.42 Å². The summed E-state index contributed by atoms with van der Waals surface area (Å²) in [6, 6.07) is 10.6.